The van der Waals surface area contributed by atoms with Crippen molar-refractivity contribution in [1.29, 1.82) is 0 Å². The fourth-order valence-corrected chi connectivity index (χ4v) is 3.70. The number of phenolic OH excluding ortho intramolecular Hbond substituents is 1. The Morgan fingerprint density at radius 3 is 2.39 bits per heavy atom. The van der Waals surface area contributed by atoms with Gasteiger partial charge in [0.25, 0.3) is 0 Å². The second kappa shape index (κ2) is 7.31. The van der Waals surface area contributed by atoms with E-state index < -0.39 is 0 Å². The summed E-state index contributed by atoms with van der Waals surface area (Å²) in [5, 5.41) is 17.2. The van der Waals surface area contributed by atoms with Gasteiger partial charge in [-0.3, -0.25) is 0 Å². The number of hydrazone groups is 1. The first kappa shape index (κ1) is 18.0. The highest BCUT2D eigenvalue weighted by molar-refractivity contribution is 6.06. The average Bonchev–Trinajstić information content (AvgIpc) is 3.21. The van der Waals surface area contributed by atoms with Crippen LogP contribution in [0.25, 0.3) is 10.8 Å². The largest absolute Gasteiger partial charge is 0.507 e. The van der Waals surface area contributed by atoms with Gasteiger partial charge < -0.3 is 24.7 Å². The fraction of sp³-hybridized carbons (Fsp3) is 0.227. The molecule has 0 radical (unpaired) electrons. The van der Waals surface area contributed by atoms with Crippen molar-refractivity contribution in [2.75, 3.05) is 21.3 Å². The van der Waals surface area contributed by atoms with Crippen LogP contribution in [-0.2, 0) is 0 Å². The van der Waals surface area contributed by atoms with Gasteiger partial charge >= 0.3 is 0 Å². The molecule has 2 N–H and O–H groups in total. The van der Waals surface area contributed by atoms with Crippen LogP contribution in [0.5, 0.6) is 23.0 Å². The summed E-state index contributed by atoms with van der Waals surface area (Å²) in [5.41, 5.74) is 5.65. The van der Waals surface area contributed by atoms with E-state index in [1.165, 1.54) is 0 Å². The molecule has 3 aromatic rings. The monoisotopic (exact) mass is 378 g/mol. The molecule has 6 heteroatoms. The summed E-state index contributed by atoms with van der Waals surface area (Å²) in [4.78, 5) is 0. The van der Waals surface area contributed by atoms with Crippen molar-refractivity contribution in [2.24, 2.45) is 5.10 Å². The number of nitrogens with one attached hydrogen (secondary N) is 1. The number of methoxy groups -OCH3 is 3. The number of aromatic hydroxyl groups is 1. The van der Waals surface area contributed by atoms with Crippen LogP contribution in [-0.4, -0.2) is 32.1 Å². The number of benzene rings is 3. The van der Waals surface area contributed by atoms with Crippen molar-refractivity contribution in [1.82, 2.24) is 5.43 Å². The number of hydrogen-bond donors (Lipinski definition) is 2. The van der Waals surface area contributed by atoms with E-state index in [0.717, 1.165) is 27.8 Å². The second-order valence-electron chi connectivity index (χ2n) is 6.57. The number of hydrogen-bond acceptors (Lipinski definition) is 6. The maximum atomic E-state index is 10.5. The molecule has 1 heterocycles. The Kier molecular flexibility index (Phi) is 4.69. The van der Waals surface area contributed by atoms with Crippen LogP contribution >= 0.6 is 0 Å². The van der Waals surface area contributed by atoms with Gasteiger partial charge in [0.05, 0.1) is 38.6 Å². The molecule has 6 nitrogen and oxygen atoms in total. The molecule has 3 aromatic carbocycles. The average molecular weight is 378 g/mol. The van der Waals surface area contributed by atoms with E-state index in [0.29, 0.717) is 23.5 Å². The molecular weight excluding hydrogens is 356 g/mol. The highest BCUT2D eigenvalue weighted by Gasteiger charge is 2.27. The van der Waals surface area contributed by atoms with Crippen LogP contribution in [0.2, 0.25) is 0 Å². The lowest BCUT2D eigenvalue weighted by molar-refractivity contribution is 0.384. The summed E-state index contributed by atoms with van der Waals surface area (Å²) in [5.74, 6) is 1.98. The predicted molar refractivity (Wildman–Crippen MR) is 109 cm³/mol. The predicted octanol–water partition coefficient (Wildman–Crippen LogP) is 4.01. The first-order chi connectivity index (χ1) is 13.7. The normalized spacial score (nSPS) is 15.8. The van der Waals surface area contributed by atoms with Crippen molar-refractivity contribution in [3.8, 4) is 23.0 Å². The van der Waals surface area contributed by atoms with Gasteiger partial charge in [-0.1, -0.05) is 30.3 Å². The summed E-state index contributed by atoms with van der Waals surface area (Å²) in [6.07, 6.45) is 0.618. The third kappa shape index (κ3) is 2.97. The summed E-state index contributed by atoms with van der Waals surface area (Å²) in [6, 6.07) is 15.5. The smallest absolute Gasteiger partial charge is 0.135 e. The molecule has 144 valence electrons. The Morgan fingerprint density at radius 1 is 0.929 bits per heavy atom. The quantitative estimate of drug-likeness (QED) is 0.702. The Balaban J connectivity index is 1.70. The van der Waals surface area contributed by atoms with E-state index in [1.54, 1.807) is 33.5 Å². The van der Waals surface area contributed by atoms with Crippen LogP contribution < -0.4 is 19.6 Å². The lowest BCUT2D eigenvalue weighted by atomic mass is 9.93. The minimum absolute atomic E-state index is 0.0167. The molecule has 4 rings (SSSR count). The van der Waals surface area contributed by atoms with Crippen LogP contribution in [0, 0.1) is 0 Å². The first-order valence-corrected chi connectivity index (χ1v) is 8.99. The molecule has 0 spiro atoms. The molecule has 0 fully saturated rings. The summed E-state index contributed by atoms with van der Waals surface area (Å²) < 4.78 is 16.2. The molecule has 1 aliphatic heterocycles. The summed E-state index contributed by atoms with van der Waals surface area (Å²) in [7, 11) is 4.79. The van der Waals surface area contributed by atoms with Crippen LogP contribution in [0.15, 0.2) is 53.6 Å². The molecule has 0 bridgehead atoms. The second-order valence-corrected chi connectivity index (χ2v) is 6.57. The van der Waals surface area contributed by atoms with Gasteiger partial charge in [0.15, 0.2) is 0 Å². The third-order valence-electron chi connectivity index (χ3n) is 5.07. The Bertz CT molecular complexity index is 1060. The molecule has 0 saturated carbocycles. The molecule has 0 saturated heterocycles. The zero-order chi connectivity index (χ0) is 19.7. The van der Waals surface area contributed by atoms with E-state index in [-0.39, 0.29) is 11.8 Å². The van der Waals surface area contributed by atoms with Gasteiger partial charge in [-0.2, -0.15) is 5.10 Å². The van der Waals surface area contributed by atoms with Crippen LogP contribution in [0.4, 0.5) is 0 Å². The zero-order valence-electron chi connectivity index (χ0n) is 16.0. The maximum Gasteiger partial charge on any atom is 0.135 e. The van der Waals surface area contributed by atoms with Gasteiger partial charge in [0.2, 0.25) is 0 Å². The van der Waals surface area contributed by atoms with Crippen LogP contribution in [0.3, 0.4) is 0 Å². The number of ether oxygens (including phenoxy) is 3. The van der Waals surface area contributed by atoms with Gasteiger partial charge in [0, 0.05) is 23.9 Å². The summed E-state index contributed by atoms with van der Waals surface area (Å²) >= 11 is 0. The lowest BCUT2D eigenvalue weighted by Gasteiger charge is -2.16. The van der Waals surface area contributed by atoms with Crippen molar-refractivity contribution < 1.29 is 19.3 Å². The van der Waals surface area contributed by atoms with Gasteiger partial charge in [-0.15, -0.1) is 0 Å². The fourth-order valence-electron chi connectivity index (χ4n) is 3.70. The molecule has 28 heavy (non-hydrogen) atoms. The first-order valence-electron chi connectivity index (χ1n) is 8.99. The SMILES string of the molecule is COc1cc(O)c(C2=NNC(c3ccc(OC)c4ccccc34)C2)c(OC)c1. The molecular formula is C22H22N2O4. The minimum atomic E-state index is -0.0167. The molecule has 0 amide bonds. The minimum Gasteiger partial charge on any atom is -0.507 e. The lowest BCUT2D eigenvalue weighted by Crippen LogP contribution is -2.11. The highest BCUT2D eigenvalue weighted by Crippen LogP contribution is 2.39. The van der Waals surface area contributed by atoms with E-state index >= 15 is 0 Å². The third-order valence-corrected chi connectivity index (χ3v) is 5.07. The van der Waals surface area contributed by atoms with Gasteiger partial charge in [0.1, 0.15) is 23.0 Å². The molecule has 1 unspecified atom stereocenters. The number of nitrogens with zero attached hydrogens (tertiary/aromatic N) is 1. The summed E-state index contributed by atoms with van der Waals surface area (Å²) in [6.45, 7) is 0. The molecule has 1 atom stereocenters. The number of phenols is 1. The Hall–Kier alpha value is -3.41. The Morgan fingerprint density at radius 2 is 1.68 bits per heavy atom. The van der Waals surface area contributed by atoms with Crippen molar-refractivity contribution >= 4 is 16.5 Å². The molecule has 0 aromatic heterocycles. The Labute approximate surface area is 163 Å². The van der Waals surface area contributed by atoms with Crippen molar-refractivity contribution in [3.05, 3.63) is 59.7 Å². The number of fused-ring (bicyclic) bond motifs is 1. The molecule has 1 aliphatic rings. The van der Waals surface area contributed by atoms with Gasteiger partial charge in [-0.25, -0.2) is 0 Å². The highest BCUT2D eigenvalue weighted by atomic mass is 16.5. The topological polar surface area (TPSA) is 72.3 Å². The van der Waals surface area contributed by atoms with E-state index in [9.17, 15) is 5.11 Å². The van der Waals surface area contributed by atoms with E-state index in [1.807, 2.05) is 24.3 Å². The van der Waals surface area contributed by atoms with Gasteiger partial charge in [-0.05, 0) is 17.0 Å². The zero-order valence-corrected chi connectivity index (χ0v) is 16.0. The maximum absolute atomic E-state index is 10.5. The number of rotatable bonds is 5. The van der Waals surface area contributed by atoms with E-state index in [4.69, 9.17) is 14.2 Å². The van der Waals surface area contributed by atoms with Crippen molar-refractivity contribution in [3.63, 3.8) is 0 Å². The van der Waals surface area contributed by atoms with Crippen LogP contribution in [0.1, 0.15) is 23.6 Å². The molecule has 0 aliphatic carbocycles. The standard InChI is InChI=1S/C22H22N2O4/c1-26-13-10-19(25)22(21(11-13)28-3)18-12-17(23-24-18)15-8-9-20(27-2)16-7-5-4-6-14(15)16/h4-11,17,23,25H,12H2,1-3H3. The van der Waals surface area contributed by atoms with E-state index in [2.05, 4.69) is 22.7 Å². The van der Waals surface area contributed by atoms with Crippen molar-refractivity contribution in [2.45, 2.75) is 12.5 Å².